The quantitative estimate of drug-likeness (QED) is 0.724. The molecule has 0 aromatic carbocycles. The number of carbonyl (C=O) groups excluding carboxylic acids is 1. The number of halogens is 1. The maximum absolute atomic E-state index is 12.5. The second-order valence-electron chi connectivity index (χ2n) is 2.89. The van der Waals surface area contributed by atoms with Gasteiger partial charge in [-0.25, -0.2) is 9.78 Å². The van der Waals surface area contributed by atoms with Crippen LogP contribution in [0.4, 0.5) is 14.9 Å². The lowest BCUT2D eigenvalue weighted by Crippen LogP contribution is -2.17. The van der Waals surface area contributed by atoms with E-state index in [2.05, 4.69) is 10.3 Å². The minimum atomic E-state index is -0.575. The van der Waals surface area contributed by atoms with Crippen LogP contribution in [0.15, 0.2) is 42.9 Å². The molecule has 2 aromatic rings. The van der Waals surface area contributed by atoms with Crippen molar-refractivity contribution in [3.05, 3.63) is 48.8 Å². The first-order valence-corrected chi connectivity index (χ1v) is 4.31. The summed E-state index contributed by atoms with van der Waals surface area (Å²) in [7, 11) is 0. The Labute approximate surface area is 85.4 Å². The molecule has 0 fully saturated rings. The number of rotatable bonds is 1. The van der Waals surface area contributed by atoms with Gasteiger partial charge in [0.2, 0.25) is 5.95 Å². The SMILES string of the molecule is O=C(Nc1ccc(F)nc1)n1cccc1. The number of anilines is 1. The summed E-state index contributed by atoms with van der Waals surface area (Å²) in [5.41, 5.74) is 0.454. The fraction of sp³-hybridized carbons (Fsp3) is 0. The molecule has 0 saturated heterocycles. The predicted molar refractivity (Wildman–Crippen MR) is 53.0 cm³/mol. The van der Waals surface area contributed by atoms with Crippen molar-refractivity contribution in [2.75, 3.05) is 5.32 Å². The molecule has 2 rings (SSSR count). The maximum Gasteiger partial charge on any atom is 0.329 e. The summed E-state index contributed by atoms with van der Waals surface area (Å²) in [5.74, 6) is -0.575. The highest BCUT2D eigenvalue weighted by atomic mass is 19.1. The zero-order valence-corrected chi connectivity index (χ0v) is 7.72. The van der Waals surface area contributed by atoms with Crippen LogP contribution in [0.3, 0.4) is 0 Å². The van der Waals surface area contributed by atoms with Crippen molar-refractivity contribution in [1.29, 1.82) is 0 Å². The molecule has 0 atom stereocenters. The summed E-state index contributed by atoms with van der Waals surface area (Å²) in [6.45, 7) is 0. The fourth-order valence-electron chi connectivity index (χ4n) is 1.11. The van der Waals surface area contributed by atoms with Crippen LogP contribution in [0.2, 0.25) is 0 Å². The smallest absolute Gasteiger partial charge is 0.306 e. The molecule has 0 spiro atoms. The summed E-state index contributed by atoms with van der Waals surface area (Å²) in [6, 6.07) is 5.80. The highest BCUT2D eigenvalue weighted by Crippen LogP contribution is 2.05. The van der Waals surface area contributed by atoms with Crippen LogP contribution in [-0.2, 0) is 0 Å². The van der Waals surface area contributed by atoms with Gasteiger partial charge in [-0.2, -0.15) is 4.39 Å². The van der Waals surface area contributed by atoms with Gasteiger partial charge < -0.3 is 5.32 Å². The van der Waals surface area contributed by atoms with E-state index in [1.165, 1.54) is 22.9 Å². The van der Waals surface area contributed by atoms with Crippen molar-refractivity contribution in [2.24, 2.45) is 0 Å². The Morgan fingerprint density at radius 3 is 2.67 bits per heavy atom. The van der Waals surface area contributed by atoms with Crippen LogP contribution in [0.5, 0.6) is 0 Å². The fourth-order valence-corrected chi connectivity index (χ4v) is 1.11. The minimum absolute atomic E-state index is 0.312. The number of amides is 1. The highest BCUT2D eigenvalue weighted by molar-refractivity contribution is 5.90. The minimum Gasteiger partial charge on any atom is -0.306 e. The Morgan fingerprint density at radius 1 is 1.33 bits per heavy atom. The van der Waals surface area contributed by atoms with Gasteiger partial charge in [0, 0.05) is 12.4 Å². The number of aromatic nitrogens is 2. The molecule has 5 heteroatoms. The van der Waals surface area contributed by atoms with Crippen LogP contribution in [0.25, 0.3) is 0 Å². The van der Waals surface area contributed by atoms with E-state index in [0.717, 1.165) is 0 Å². The molecule has 4 nitrogen and oxygen atoms in total. The second-order valence-corrected chi connectivity index (χ2v) is 2.89. The molecule has 1 N–H and O–H groups in total. The molecule has 0 saturated carbocycles. The maximum atomic E-state index is 12.5. The summed E-state index contributed by atoms with van der Waals surface area (Å²) in [6.07, 6.45) is 4.50. The summed E-state index contributed by atoms with van der Waals surface area (Å²) in [5, 5.41) is 2.57. The molecule has 2 heterocycles. The van der Waals surface area contributed by atoms with Crippen molar-refractivity contribution in [3.8, 4) is 0 Å². The van der Waals surface area contributed by atoms with Crippen molar-refractivity contribution < 1.29 is 9.18 Å². The summed E-state index contributed by atoms with van der Waals surface area (Å²) >= 11 is 0. The van der Waals surface area contributed by atoms with Crippen LogP contribution in [0, 0.1) is 5.95 Å². The first kappa shape index (κ1) is 9.39. The van der Waals surface area contributed by atoms with Gasteiger partial charge in [0.05, 0.1) is 11.9 Å². The number of nitrogens with one attached hydrogen (secondary N) is 1. The van der Waals surface area contributed by atoms with E-state index in [9.17, 15) is 9.18 Å². The Hall–Kier alpha value is -2.17. The van der Waals surface area contributed by atoms with Gasteiger partial charge in [0.25, 0.3) is 0 Å². The molecule has 0 bridgehead atoms. The van der Waals surface area contributed by atoms with E-state index in [1.807, 2.05) is 0 Å². The molecule has 0 aliphatic rings. The molecule has 0 unspecified atom stereocenters. The van der Waals surface area contributed by atoms with E-state index >= 15 is 0 Å². The standard InChI is InChI=1S/C10H8FN3O/c11-9-4-3-8(7-12-9)13-10(15)14-5-1-2-6-14/h1-7H,(H,13,15). The van der Waals surface area contributed by atoms with Gasteiger partial charge in [-0.05, 0) is 24.3 Å². The Balaban J connectivity index is 2.09. The van der Waals surface area contributed by atoms with Gasteiger partial charge in [-0.3, -0.25) is 4.57 Å². The topological polar surface area (TPSA) is 46.9 Å². The monoisotopic (exact) mass is 205 g/mol. The second kappa shape index (κ2) is 3.91. The van der Waals surface area contributed by atoms with Gasteiger partial charge in [0.15, 0.2) is 0 Å². The molecular formula is C10H8FN3O. The molecule has 15 heavy (non-hydrogen) atoms. The average Bonchev–Trinajstić information content (AvgIpc) is 2.74. The summed E-state index contributed by atoms with van der Waals surface area (Å²) in [4.78, 5) is 14.9. The van der Waals surface area contributed by atoms with Gasteiger partial charge in [0.1, 0.15) is 0 Å². The van der Waals surface area contributed by atoms with E-state index < -0.39 is 5.95 Å². The van der Waals surface area contributed by atoms with Gasteiger partial charge in [-0.15, -0.1) is 0 Å². The van der Waals surface area contributed by atoms with E-state index in [0.29, 0.717) is 5.69 Å². The normalized spacial score (nSPS) is 9.93. The lowest BCUT2D eigenvalue weighted by atomic mass is 10.4. The molecule has 76 valence electrons. The largest absolute Gasteiger partial charge is 0.329 e. The van der Waals surface area contributed by atoms with Gasteiger partial charge in [-0.1, -0.05) is 0 Å². The van der Waals surface area contributed by atoms with Crippen molar-refractivity contribution in [3.63, 3.8) is 0 Å². The third-order valence-electron chi connectivity index (χ3n) is 1.82. The third-order valence-corrected chi connectivity index (χ3v) is 1.82. The van der Waals surface area contributed by atoms with Gasteiger partial charge >= 0.3 is 6.03 Å². The summed E-state index contributed by atoms with van der Waals surface area (Å²) < 4.78 is 13.8. The van der Waals surface area contributed by atoms with Crippen LogP contribution < -0.4 is 5.32 Å². The number of carbonyl (C=O) groups is 1. The van der Waals surface area contributed by atoms with Crippen LogP contribution in [0.1, 0.15) is 0 Å². The molecule has 0 aliphatic carbocycles. The number of hydrogen-bond donors (Lipinski definition) is 1. The highest BCUT2D eigenvalue weighted by Gasteiger charge is 2.03. The van der Waals surface area contributed by atoms with Crippen LogP contribution in [-0.4, -0.2) is 15.6 Å². The van der Waals surface area contributed by atoms with Crippen LogP contribution >= 0.6 is 0 Å². The average molecular weight is 205 g/mol. The van der Waals surface area contributed by atoms with E-state index in [-0.39, 0.29) is 6.03 Å². The zero-order valence-electron chi connectivity index (χ0n) is 7.72. The Kier molecular flexibility index (Phi) is 2.45. The molecule has 0 radical (unpaired) electrons. The number of hydrogen-bond acceptors (Lipinski definition) is 2. The first-order chi connectivity index (χ1) is 7.25. The molecular weight excluding hydrogens is 197 g/mol. The number of pyridine rings is 1. The lowest BCUT2D eigenvalue weighted by molar-refractivity contribution is 0.253. The predicted octanol–water partition coefficient (Wildman–Crippen LogP) is 2.10. The Morgan fingerprint density at radius 2 is 2.07 bits per heavy atom. The lowest BCUT2D eigenvalue weighted by Gasteiger charge is -2.04. The van der Waals surface area contributed by atoms with Crippen molar-refractivity contribution >= 4 is 11.7 Å². The van der Waals surface area contributed by atoms with E-state index in [4.69, 9.17) is 0 Å². The zero-order chi connectivity index (χ0) is 10.7. The third kappa shape index (κ3) is 2.19. The molecule has 1 amide bonds. The van der Waals surface area contributed by atoms with Crippen molar-refractivity contribution in [2.45, 2.75) is 0 Å². The molecule has 2 aromatic heterocycles. The Bertz CT molecular complexity index is 450. The van der Waals surface area contributed by atoms with E-state index in [1.54, 1.807) is 24.5 Å². The first-order valence-electron chi connectivity index (χ1n) is 4.31. The number of nitrogens with zero attached hydrogens (tertiary/aromatic N) is 2. The van der Waals surface area contributed by atoms with Crippen molar-refractivity contribution in [1.82, 2.24) is 9.55 Å². The molecule has 0 aliphatic heterocycles.